The highest BCUT2D eigenvalue weighted by molar-refractivity contribution is 9.10. The Kier molecular flexibility index (Phi) is 8.94. The van der Waals surface area contributed by atoms with Crippen molar-refractivity contribution in [1.29, 1.82) is 5.26 Å². The van der Waals surface area contributed by atoms with E-state index in [1.165, 1.54) is 6.42 Å². The lowest BCUT2D eigenvalue weighted by Crippen LogP contribution is -2.09. The number of pyridine rings is 1. The third-order valence-electron chi connectivity index (χ3n) is 3.99. The van der Waals surface area contributed by atoms with Gasteiger partial charge < -0.3 is 11.1 Å². The summed E-state index contributed by atoms with van der Waals surface area (Å²) in [6, 6.07) is 8.11. The number of fused-ring (bicyclic) bond motifs is 1. The molecule has 1 aromatic heterocycles. The molecule has 1 aromatic carbocycles. The fourth-order valence-corrected chi connectivity index (χ4v) is 2.51. The van der Waals surface area contributed by atoms with Crippen LogP contribution in [0.25, 0.3) is 10.9 Å². The van der Waals surface area contributed by atoms with Crippen LogP contribution in [0.15, 0.2) is 64.9 Å². The zero-order valence-corrected chi connectivity index (χ0v) is 18.9. The van der Waals surface area contributed by atoms with Gasteiger partial charge in [0.15, 0.2) is 0 Å². The van der Waals surface area contributed by atoms with Crippen molar-refractivity contribution in [3.8, 4) is 6.07 Å². The normalized spacial score (nSPS) is 11.7. The van der Waals surface area contributed by atoms with Gasteiger partial charge in [0.1, 0.15) is 0 Å². The second kappa shape index (κ2) is 10.7. The van der Waals surface area contributed by atoms with Crippen molar-refractivity contribution in [3.63, 3.8) is 0 Å². The molecule has 0 saturated carbocycles. The largest absolute Gasteiger partial charge is 0.396 e. The Balaban J connectivity index is 0.00000122. The molecule has 0 aliphatic heterocycles. The molecule has 2 rings (SSSR count). The highest BCUT2D eigenvalue weighted by Crippen LogP contribution is 2.31. The molecule has 0 saturated heterocycles. The Morgan fingerprint density at radius 3 is 2.57 bits per heavy atom. The van der Waals surface area contributed by atoms with Crippen molar-refractivity contribution in [2.75, 3.05) is 11.1 Å². The van der Waals surface area contributed by atoms with Crippen molar-refractivity contribution < 1.29 is 0 Å². The van der Waals surface area contributed by atoms with Crippen LogP contribution in [0.2, 0.25) is 0 Å². The van der Waals surface area contributed by atoms with Gasteiger partial charge in [-0.15, -0.1) is 0 Å². The number of allylic oxidation sites excluding steroid dienone is 4. The zero-order chi connectivity index (χ0) is 21.3. The van der Waals surface area contributed by atoms with Gasteiger partial charge in [-0.3, -0.25) is 4.98 Å². The van der Waals surface area contributed by atoms with Gasteiger partial charge in [0, 0.05) is 15.6 Å². The van der Waals surface area contributed by atoms with Crippen LogP contribution in [0.1, 0.15) is 41.0 Å². The van der Waals surface area contributed by atoms with E-state index < -0.39 is 5.41 Å². The van der Waals surface area contributed by atoms with Crippen LogP contribution in [0.3, 0.4) is 0 Å². The molecule has 5 heteroatoms. The Morgan fingerprint density at radius 1 is 1.36 bits per heavy atom. The van der Waals surface area contributed by atoms with Crippen LogP contribution < -0.4 is 11.1 Å². The molecule has 0 atom stereocenters. The zero-order valence-electron chi connectivity index (χ0n) is 17.3. The van der Waals surface area contributed by atoms with Crippen molar-refractivity contribution in [2.24, 2.45) is 5.41 Å². The maximum absolute atomic E-state index is 9.20. The molecule has 0 amide bonds. The van der Waals surface area contributed by atoms with Crippen LogP contribution in [0.4, 0.5) is 11.4 Å². The Bertz CT molecular complexity index is 928. The molecule has 4 nitrogen and oxygen atoms in total. The minimum absolute atomic E-state index is 0.564. The second-order valence-electron chi connectivity index (χ2n) is 6.92. The molecule has 0 aliphatic carbocycles. The maximum Gasteiger partial charge on any atom is 0.0760 e. The van der Waals surface area contributed by atoms with Crippen LogP contribution in [0, 0.1) is 16.7 Å². The van der Waals surface area contributed by atoms with Gasteiger partial charge in [-0.25, -0.2) is 0 Å². The number of hydrogen-bond donors (Lipinski definition) is 2. The van der Waals surface area contributed by atoms with Gasteiger partial charge in [0.2, 0.25) is 0 Å². The first-order valence-electron chi connectivity index (χ1n) is 9.25. The third kappa shape index (κ3) is 6.24. The van der Waals surface area contributed by atoms with Crippen LogP contribution in [-0.2, 0) is 0 Å². The Labute approximate surface area is 177 Å². The number of nitrogens with zero attached hydrogens (tertiary/aromatic N) is 2. The minimum Gasteiger partial charge on any atom is -0.396 e. The standard InChI is InChI=1S/C20H21BrN4.C3H8/c1-5-15(8-6-13(2)20(3,4)12-22)25-19-16-10-14(21)7-9-18(16)24-11-17(19)23;1-3-2/h5-11H,2,23H2,1,3-4H3,(H,24,25);3H2,1-2H3/b8-6-,15-5+;. The fraction of sp³-hybridized carbons (Fsp3) is 0.304. The van der Waals surface area contributed by atoms with Gasteiger partial charge in [-0.2, -0.15) is 5.26 Å². The van der Waals surface area contributed by atoms with Crippen molar-refractivity contribution in [1.82, 2.24) is 4.98 Å². The predicted octanol–water partition coefficient (Wildman–Crippen LogP) is 6.97. The average Bonchev–Trinajstić information content (AvgIpc) is 2.67. The lowest BCUT2D eigenvalue weighted by atomic mass is 9.86. The van der Waals surface area contributed by atoms with E-state index in [-0.39, 0.29) is 0 Å². The molecule has 3 N–H and O–H groups in total. The van der Waals surface area contributed by atoms with Crippen LogP contribution >= 0.6 is 15.9 Å². The molecule has 0 aliphatic rings. The van der Waals surface area contributed by atoms with E-state index in [0.717, 1.165) is 32.3 Å². The summed E-state index contributed by atoms with van der Waals surface area (Å²) in [7, 11) is 0. The summed E-state index contributed by atoms with van der Waals surface area (Å²) < 4.78 is 0.956. The van der Waals surface area contributed by atoms with E-state index in [2.05, 4.69) is 52.7 Å². The lowest BCUT2D eigenvalue weighted by Gasteiger charge is -2.16. The molecular weight excluding hydrogens is 412 g/mol. The molecule has 0 bridgehead atoms. The van der Waals surface area contributed by atoms with E-state index >= 15 is 0 Å². The van der Waals surface area contributed by atoms with Gasteiger partial charge in [-0.1, -0.05) is 54.9 Å². The highest BCUT2D eigenvalue weighted by Gasteiger charge is 2.18. The predicted molar refractivity (Wildman–Crippen MR) is 125 cm³/mol. The summed E-state index contributed by atoms with van der Waals surface area (Å²) in [5.41, 5.74) is 9.34. The summed E-state index contributed by atoms with van der Waals surface area (Å²) in [6.07, 6.45) is 8.58. The van der Waals surface area contributed by atoms with Gasteiger partial charge in [-0.05, 0) is 50.6 Å². The van der Waals surface area contributed by atoms with Crippen LogP contribution in [-0.4, -0.2) is 4.98 Å². The molecule has 28 heavy (non-hydrogen) atoms. The van der Waals surface area contributed by atoms with Gasteiger partial charge in [0.05, 0.1) is 34.6 Å². The second-order valence-corrected chi connectivity index (χ2v) is 7.84. The fourth-order valence-electron chi connectivity index (χ4n) is 2.14. The molecule has 0 radical (unpaired) electrons. The summed E-state index contributed by atoms with van der Waals surface area (Å²) >= 11 is 3.49. The number of anilines is 2. The average molecular weight is 441 g/mol. The van der Waals surface area contributed by atoms with Gasteiger partial charge in [0.25, 0.3) is 0 Å². The number of nitriles is 1. The number of nitrogen functional groups attached to an aromatic ring is 1. The summed E-state index contributed by atoms with van der Waals surface area (Å²) in [4.78, 5) is 4.36. The molecule has 1 heterocycles. The molecule has 0 fully saturated rings. The number of rotatable bonds is 5. The Hall–Kier alpha value is -2.58. The molecular formula is C23H29BrN4. The number of aromatic nitrogens is 1. The molecule has 0 spiro atoms. The molecule has 2 aromatic rings. The monoisotopic (exact) mass is 440 g/mol. The molecule has 148 valence electrons. The smallest absolute Gasteiger partial charge is 0.0760 e. The van der Waals surface area contributed by atoms with E-state index in [0.29, 0.717) is 5.69 Å². The number of nitrogens with two attached hydrogens (primary N) is 1. The summed E-state index contributed by atoms with van der Waals surface area (Å²) in [5.74, 6) is 0. The number of halogens is 1. The van der Waals surface area contributed by atoms with Crippen molar-refractivity contribution in [2.45, 2.75) is 41.0 Å². The maximum atomic E-state index is 9.20. The van der Waals surface area contributed by atoms with E-state index in [1.54, 1.807) is 6.20 Å². The summed E-state index contributed by atoms with van der Waals surface area (Å²) in [5, 5.41) is 13.5. The first-order valence-corrected chi connectivity index (χ1v) is 10.0. The number of nitrogens with one attached hydrogen (secondary N) is 1. The van der Waals surface area contributed by atoms with Crippen molar-refractivity contribution >= 4 is 38.2 Å². The lowest BCUT2D eigenvalue weighted by molar-refractivity contribution is 0.615. The third-order valence-corrected chi connectivity index (χ3v) is 4.48. The van der Waals surface area contributed by atoms with Crippen molar-refractivity contribution in [3.05, 3.63) is 64.9 Å². The Morgan fingerprint density at radius 2 is 2.00 bits per heavy atom. The van der Waals surface area contributed by atoms with Gasteiger partial charge >= 0.3 is 0 Å². The minimum atomic E-state index is -0.609. The SMILES string of the molecule is C=C(/C=C\C(=C/C)Nc1c(N)cnc2ccc(Br)cc12)C(C)(C)C#N.CCC. The first kappa shape index (κ1) is 23.5. The number of hydrogen-bond acceptors (Lipinski definition) is 4. The number of benzene rings is 1. The summed E-state index contributed by atoms with van der Waals surface area (Å²) in [6.45, 7) is 13.8. The highest BCUT2D eigenvalue weighted by atomic mass is 79.9. The molecule has 0 unspecified atom stereocenters. The quantitative estimate of drug-likeness (QED) is 0.491. The topological polar surface area (TPSA) is 74.7 Å². The van der Waals surface area contributed by atoms with E-state index in [4.69, 9.17) is 5.73 Å². The van der Waals surface area contributed by atoms with E-state index in [1.807, 2.05) is 57.2 Å². The van der Waals surface area contributed by atoms with E-state index in [9.17, 15) is 5.26 Å². The van der Waals surface area contributed by atoms with Crippen LogP contribution in [0.5, 0.6) is 0 Å². The first-order chi connectivity index (χ1) is 13.2.